The number of carbonyl (C=O) groups excluding carboxylic acids is 3. The molecule has 0 bridgehead atoms. The van der Waals surface area contributed by atoms with Crippen molar-refractivity contribution in [3.05, 3.63) is 29.8 Å². The number of hydrogen-bond acceptors (Lipinski definition) is 8. The molecule has 3 amide bonds. The van der Waals surface area contributed by atoms with Crippen LogP contribution >= 0.6 is 0 Å². The molecule has 14 heteroatoms. The van der Waals surface area contributed by atoms with E-state index in [1.807, 2.05) is 0 Å². The van der Waals surface area contributed by atoms with Crippen LogP contribution in [0.2, 0.25) is 0 Å². The monoisotopic (exact) mass is 524 g/mol. The minimum Gasteiger partial charge on any atom is -0.508 e. The van der Waals surface area contributed by atoms with Gasteiger partial charge in [0.05, 0.1) is 12.5 Å². The van der Waals surface area contributed by atoms with E-state index in [0.717, 1.165) is 0 Å². The second-order valence-corrected chi connectivity index (χ2v) is 8.70. The van der Waals surface area contributed by atoms with Crippen LogP contribution < -0.4 is 21.7 Å². The molecule has 0 saturated carbocycles. The second kappa shape index (κ2) is 14.4. The van der Waals surface area contributed by atoms with Crippen molar-refractivity contribution >= 4 is 35.6 Å². The van der Waals surface area contributed by atoms with Crippen LogP contribution in [0.3, 0.4) is 0 Å². The molecule has 0 spiro atoms. The van der Waals surface area contributed by atoms with Crippen molar-refractivity contribution in [3.8, 4) is 5.75 Å². The fourth-order valence-corrected chi connectivity index (χ4v) is 3.19. The molecule has 0 aliphatic rings. The van der Waals surface area contributed by atoms with E-state index in [0.29, 0.717) is 5.56 Å². The Morgan fingerprint density at radius 2 is 1.38 bits per heavy atom. The van der Waals surface area contributed by atoms with Crippen LogP contribution in [-0.4, -0.2) is 80.2 Å². The highest BCUT2D eigenvalue weighted by molar-refractivity contribution is 5.95. The molecule has 0 fully saturated rings. The highest BCUT2D eigenvalue weighted by Crippen LogP contribution is 2.12. The Morgan fingerprint density at radius 3 is 1.86 bits per heavy atom. The zero-order chi connectivity index (χ0) is 28.3. The SMILES string of the molecule is CC(C)[C@H](NC(=O)[C@@H](N)CCC(=O)O)C(=O)N[C@@H](CC(=O)O)C(=O)N[C@@H](Cc1ccc(O)cc1)C(=O)O. The van der Waals surface area contributed by atoms with Gasteiger partial charge in [-0.25, -0.2) is 4.79 Å². The fraction of sp³-hybridized carbons (Fsp3) is 0.478. The highest BCUT2D eigenvalue weighted by atomic mass is 16.4. The number of nitrogens with two attached hydrogens (primary N) is 1. The van der Waals surface area contributed by atoms with Crippen LogP contribution in [0, 0.1) is 5.92 Å². The topological polar surface area (TPSA) is 245 Å². The van der Waals surface area contributed by atoms with E-state index >= 15 is 0 Å². The lowest BCUT2D eigenvalue weighted by Crippen LogP contribution is -2.58. The van der Waals surface area contributed by atoms with Gasteiger partial charge in [0.15, 0.2) is 0 Å². The molecule has 14 nitrogen and oxygen atoms in total. The third-order valence-electron chi connectivity index (χ3n) is 5.26. The van der Waals surface area contributed by atoms with E-state index in [4.69, 9.17) is 10.8 Å². The van der Waals surface area contributed by atoms with Gasteiger partial charge in [0.25, 0.3) is 0 Å². The van der Waals surface area contributed by atoms with Gasteiger partial charge in [-0.05, 0) is 30.0 Å². The number of carboxylic acid groups (broad SMARTS) is 3. The lowest BCUT2D eigenvalue weighted by molar-refractivity contribution is -0.144. The lowest BCUT2D eigenvalue weighted by atomic mass is 10.0. The number of benzene rings is 1. The smallest absolute Gasteiger partial charge is 0.326 e. The first-order valence-electron chi connectivity index (χ1n) is 11.3. The number of phenols is 1. The van der Waals surface area contributed by atoms with E-state index in [9.17, 15) is 44.1 Å². The molecule has 0 unspecified atom stereocenters. The molecular weight excluding hydrogens is 492 g/mol. The third kappa shape index (κ3) is 10.9. The Hall–Kier alpha value is -4.20. The van der Waals surface area contributed by atoms with Gasteiger partial charge < -0.3 is 42.1 Å². The number of carbonyl (C=O) groups is 6. The second-order valence-electron chi connectivity index (χ2n) is 8.70. The van der Waals surface area contributed by atoms with Gasteiger partial charge in [0.2, 0.25) is 17.7 Å². The number of nitrogens with one attached hydrogen (secondary N) is 3. The Labute approximate surface area is 212 Å². The fourth-order valence-electron chi connectivity index (χ4n) is 3.19. The molecule has 0 aliphatic carbocycles. The molecule has 37 heavy (non-hydrogen) atoms. The Kier molecular flexibility index (Phi) is 12.0. The summed E-state index contributed by atoms with van der Waals surface area (Å²) in [5.41, 5.74) is 6.13. The van der Waals surface area contributed by atoms with E-state index in [-0.39, 0.29) is 25.0 Å². The summed E-state index contributed by atoms with van der Waals surface area (Å²) in [5.74, 6) is -7.40. The largest absolute Gasteiger partial charge is 0.508 e. The van der Waals surface area contributed by atoms with E-state index in [2.05, 4.69) is 16.0 Å². The molecule has 204 valence electrons. The zero-order valence-corrected chi connectivity index (χ0v) is 20.3. The van der Waals surface area contributed by atoms with Gasteiger partial charge in [-0.3, -0.25) is 24.0 Å². The average Bonchev–Trinajstić information content (AvgIpc) is 2.80. The number of aliphatic carboxylic acids is 3. The molecule has 0 radical (unpaired) electrons. The number of aromatic hydroxyl groups is 1. The predicted octanol–water partition coefficient (Wildman–Crippen LogP) is -1.20. The van der Waals surface area contributed by atoms with Crippen molar-refractivity contribution in [1.29, 1.82) is 0 Å². The Bertz CT molecular complexity index is 996. The first kappa shape index (κ1) is 30.8. The minimum absolute atomic E-state index is 0.0430. The Morgan fingerprint density at radius 1 is 0.811 bits per heavy atom. The molecule has 4 atom stereocenters. The standard InChI is InChI=1S/C23H32N4O10/c1-11(2)19(27-20(33)14(24)7-8-17(29)30)22(35)25-15(10-18(31)32)21(34)26-16(23(36)37)9-12-3-5-13(28)6-4-12/h3-6,11,14-16,19,28H,7-10,24H2,1-2H3,(H,25,35)(H,26,34)(H,27,33)(H,29,30)(H,31,32)(H,36,37)/t14-,15-,16-,19-/m0/s1. The average molecular weight is 525 g/mol. The van der Waals surface area contributed by atoms with Crippen LogP contribution in [0.4, 0.5) is 0 Å². The summed E-state index contributed by atoms with van der Waals surface area (Å²) in [7, 11) is 0. The Balaban J connectivity index is 2.97. The number of amides is 3. The van der Waals surface area contributed by atoms with Gasteiger partial charge in [-0.2, -0.15) is 0 Å². The molecule has 0 saturated heterocycles. The summed E-state index contributed by atoms with van der Waals surface area (Å²) in [6.07, 6.45) is -1.62. The van der Waals surface area contributed by atoms with Crippen LogP contribution in [0.1, 0.15) is 38.7 Å². The van der Waals surface area contributed by atoms with Gasteiger partial charge in [0.1, 0.15) is 23.9 Å². The van der Waals surface area contributed by atoms with Crippen LogP contribution in [-0.2, 0) is 35.2 Å². The minimum atomic E-state index is -1.68. The van der Waals surface area contributed by atoms with Crippen molar-refractivity contribution in [3.63, 3.8) is 0 Å². The normalized spacial score (nSPS) is 14.1. The van der Waals surface area contributed by atoms with E-state index in [1.165, 1.54) is 24.3 Å². The summed E-state index contributed by atoms with van der Waals surface area (Å²) in [6, 6.07) is -0.0620. The molecule has 9 N–H and O–H groups in total. The molecule has 1 aromatic carbocycles. The maximum atomic E-state index is 12.9. The molecule has 1 rings (SSSR count). The van der Waals surface area contributed by atoms with Crippen molar-refractivity contribution in [2.45, 2.75) is 63.7 Å². The van der Waals surface area contributed by atoms with Gasteiger partial charge in [-0.1, -0.05) is 26.0 Å². The quantitative estimate of drug-likeness (QED) is 0.135. The number of phenolic OH excluding ortho intramolecular Hbond substituents is 1. The van der Waals surface area contributed by atoms with E-state index < -0.39 is 72.1 Å². The summed E-state index contributed by atoms with van der Waals surface area (Å²) < 4.78 is 0. The van der Waals surface area contributed by atoms with Gasteiger partial charge in [-0.15, -0.1) is 0 Å². The first-order chi connectivity index (χ1) is 17.2. The molecule has 1 aromatic rings. The number of carboxylic acids is 3. The predicted molar refractivity (Wildman–Crippen MR) is 127 cm³/mol. The first-order valence-corrected chi connectivity index (χ1v) is 11.3. The summed E-state index contributed by atoms with van der Waals surface area (Å²) in [5, 5.41) is 43.6. The van der Waals surface area contributed by atoms with Crippen molar-refractivity contribution < 1.29 is 49.2 Å². The summed E-state index contributed by atoms with van der Waals surface area (Å²) in [6.45, 7) is 3.13. The van der Waals surface area contributed by atoms with Crippen molar-refractivity contribution in [1.82, 2.24) is 16.0 Å². The maximum absolute atomic E-state index is 12.9. The lowest BCUT2D eigenvalue weighted by Gasteiger charge is -2.26. The van der Waals surface area contributed by atoms with Crippen molar-refractivity contribution in [2.75, 3.05) is 0 Å². The summed E-state index contributed by atoms with van der Waals surface area (Å²) in [4.78, 5) is 71.7. The van der Waals surface area contributed by atoms with Gasteiger partial charge in [0, 0.05) is 12.8 Å². The van der Waals surface area contributed by atoms with Crippen molar-refractivity contribution in [2.24, 2.45) is 11.7 Å². The molecule has 0 aromatic heterocycles. The zero-order valence-electron chi connectivity index (χ0n) is 20.3. The van der Waals surface area contributed by atoms with Crippen LogP contribution in [0.15, 0.2) is 24.3 Å². The number of rotatable bonds is 15. The van der Waals surface area contributed by atoms with Crippen LogP contribution in [0.5, 0.6) is 5.75 Å². The highest BCUT2D eigenvalue weighted by Gasteiger charge is 2.33. The maximum Gasteiger partial charge on any atom is 0.326 e. The van der Waals surface area contributed by atoms with E-state index in [1.54, 1.807) is 13.8 Å². The third-order valence-corrected chi connectivity index (χ3v) is 5.26. The molecular formula is C23H32N4O10. The molecule has 0 aliphatic heterocycles. The summed E-state index contributed by atoms with van der Waals surface area (Å²) >= 11 is 0. The number of hydrogen-bond donors (Lipinski definition) is 8. The van der Waals surface area contributed by atoms with Gasteiger partial charge >= 0.3 is 17.9 Å². The molecule has 0 heterocycles. The van der Waals surface area contributed by atoms with Crippen LogP contribution in [0.25, 0.3) is 0 Å².